The summed E-state index contributed by atoms with van der Waals surface area (Å²) >= 11 is 1.39. The van der Waals surface area contributed by atoms with Crippen molar-refractivity contribution >= 4 is 22.4 Å². The van der Waals surface area contributed by atoms with Gasteiger partial charge in [0.1, 0.15) is 11.7 Å². The van der Waals surface area contributed by atoms with Gasteiger partial charge in [0, 0.05) is 12.6 Å². The maximum Gasteiger partial charge on any atom is 0.260 e. The molecule has 18 heavy (non-hydrogen) atoms. The summed E-state index contributed by atoms with van der Waals surface area (Å²) in [5, 5.41) is 4.31. The largest absolute Gasteiger partial charge is 0.372 e. The van der Waals surface area contributed by atoms with Crippen LogP contribution in [0.25, 0.3) is 0 Å². The number of amides is 1. The summed E-state index contributed by atoms with van der Waals surface area (Å²) in [6, 6.07) is 0.536. The minimum absolute atomic E-state index is 0.0455. The van der Waals surface area contributed by atoms with Crippen molar-refractivity contribution in [3.63, 3.8) is 0 Å². The SMILES string of the molecule is Cc1nsc(NC2CC2)c1C(=O)N1CCCOC1. The molecule has 3 rings (SSSR count). The molecular formula is C12H17N3O2S. The Morgan fingerprint density at radius 3 is 3.06 bits per heavy atom. The van der Waals surface area contributed by atoms with Gasteiger partial charge in [-0.3, -0.25) is 4.79 Å². The highest BCUT2D eigenvalue weighted by molar-refractivity contribution is 7.10. The molecule has 2 fully saturated rings. The number of carbonyl (C=O) groups is 1. The van der Waals surface area contributed by atoms with E-state index in [0.29, 0.717) is 12.8 Å². The summed E-state index contributed by atoms with van der Waals surface area (Å²) in [6.07, 6.45) is 3.29. The molecule has 1 N–H and O–H groups in total. The normalized spacial score (nSPS) is 19.9. The Labute approximate surface area is 110 Å². The molecule has 1 aliphatic carbocycles. The van der Waals surface area contributed by atoms with Gasteiger partial charge in [-0.05, 0) is 37.7 Å². The van der Waals surface area contributed by atoms with Crippen molar-refractivity contribution in [1.29, 1.82) is 0 Å². The molecule has 0 aromatic carbocycles. The number of nitrogens with one attached hydrogen (secondary N) is 1. The fourth-order valence-corrected chi connectivity index (χ4v) is 2.91. The first kappa shape index (κ1) is 11.9. The molecule has 1 saturated heterocycles. The maximum atomic E-state index is 12.5. The fraction of sp³-hybridized carbons (Fsp3) is 0.667. The highest BCUT2D eigenvalue weighted by Gasteiger charge is 2.28. The molecule has 0 atom stereocenters. The van der Waals surface area contributed by atoms with Gasteiger partial charge in [-0.1, -0.05) is 0 Å². The number of nitrogens with zero attached hydrogens (tertiary/aromatic N) is 2. The molecule has 0 spiro atoms. The Balaban J connectivity index is 1.80. The van der Waals surface area contributed by atoms with Crippen LogP contribution in [-0.4, -0.2) is 41.1 Å². The summed E-state index contributed by atoms with van der Waals surface area (Å²) in [6.45, 7) is 3.82. The van der Waals surface area contributed by atoms with Gasteiger partial charge in [0.15, 0.2) is 0 Å². The van der Waals surface area contributed by atoms with Crippen LogP contribution in [0.2, 0.25) is 0 Å². The summed E-state index contributed by atoms with van der Waals surface area (Å²) in [5.41, 5.74) is 1.55. The molecule has 0 bridgehead atoms. The van der Waals surface area contributed by atoms with Crippen LogP contribution in [-0.2, 0) is 4.74 Å². The monoisotopic (exact) mass is 267 g/mol. The van der Waals surface area contributed by atoms with Gasteiger partial charge in [0.2, 0.25) is 0 Å². The lowest BCUT2D eigenvalue weighted by Gasteiger charge is -2.26. The van der Waals surface area contributed by atoms with Gasteiger partial charge < -0.3 is 15.0 Å². The Morgan fingerprint density at radius 1 is 1.56 bits per heavy atom. The number of carbonyl (C=O) groups excluding carboxylic acids is 1. The molecule has 1 amide bonds. The standard InChI is InChI=1S/C12H17N3O2S/c1-8-10(11(18-14-8)13-9-3-4-9)12(16)15-5-2-6-17-7-15/h9,13H,2-7H2,1H3. The molecule has 5 nitrogen and oxygen atoms in total. The van der Waals surface area contributed by atoms with E-state index in [-0.39, 0.29) is 5.91 Å². The number of hydrogen-bond acceptors (Lipinski definition) is 5. The average molecular weight is 267 g/mol. The predicted octanol–water partition coefficient (Wildman–Crippen LogP) is 1.85. The molecule has 0 unspecified atom stereocenters. The first-order chi connectivity index (χ1) is 8.75. The van der Waals surface area contributed by atoms with E-state index in [9.17, 15) is 4.79 Å². The quantitative estimate of drug-likeness (QED) is 0.908. The average Bonchev–Trinajstić information content (AvgIpc) is 3.13. The Morgan fingerprint density at radius 2 is 2.39 bits per heavy atom. The third kappa shape index (κ3) is 2.35. The van der Waals surface area contributed by atoms with E-state index in [4.69, 9.17) is 4.74 Å². The number of aromatic nitrogens is 1. The van der Waals surface area contributed by atoms with Crippen molar-refractivity contribution < 1.29 is 9.53 Å². The summed E-state index contributed by atoms with van der Waals surface area (Å²) in [7, 11) is 0. The zero-order chi connectivity index (χ0) is 12.5. The van der Waals surface area contributed by atoms with Crippen LogP contribution in [0.5, 0.6) is 0 Å². The minimum atomic E-state index is 0.0455. The van der Waals surface area contributed by atoms with Crippen LogP contribution in [0.15, 0.2) is 0 Å². The number of rotatable bonds is 3. The summed E-state index contributed by atoms with van der Waals surface area (Å²) in [5.74, 6) is 0.0455. The van der Waals surface area contributed by atoms with Crippen LogP contribution < -0.4 is 5.32 Å². The van der Waals surface area contributed by atoms with E-state index >= 15 is 0 Å². The number of aryl methyl sites for hydroxylation is 1. The van der Waals surface area contributed by atoms with E-state index in [1.165, 1.54) is 24.4 Å². The van der Waals surface area contributed by atoms with Crippen molar-refractivity contribution in [1.82, 2.24) is 9.27 Å². The van der Waals surface area contributed by atoms with Crippen LogP contribution >= 0.6 is 11.5 Å². The van der Waals surface area contributed by atoms with Crippen molar-refractivity contribution in [3.8, 4) is 0 Å². The highest BCUT2D eigenvalue weighted by Crippen LogP contribution is 2.32. The van der Waals surface area contributed by atoms with Crippen LogP contribution in [0, 0.1) is 6.92 Å². The molecule has 0 radical (unpaired) electrons. The molecule has 98 valence electrons. The third-order valence-corrected chi connectivity index (χ3v) is 4.11. The zero-order valence-electron chi connectivity index (χ0n) is 10.4. The first-order valence-corrected chi connectivity index (χ1v) is 7.13. The third-order valence-electron chi connectivity index (χ3n) is 3.24. The van der Waals surface area contributed by atoms with Crippen LogP contribution in [0.3, 0.4) is 0 Å². The fourth-order valence-electron chi connectivity index (χ4n) is 2.05. The second-order valence-corrected chi connectivity index (χ2v) is 5.62. The van der Waals surface area contributed by atoms with Crippen molar-refractivity contribution in [2.45, 2.75) is 32.2 Å². The lowest BCUT2D eigenvalue weighted by atomic mass is 10.2. The molecule has 1 aromatic rings. The Bertz CT molecular complexity index is 450. The molecule has 2 aliphatic rings. The topological polar surface area (TPSA) is 54.5 Å². The van der Waals surface area contributed by atoms with Gasteiger partial charge in [-0.25, -0.2) is 0 Å². The summed E-state index contributed by atoms with van der Waals surface area (Å²) < 4.78 is 9.65. The van der Waals surface area contributed by atoms with E-state index in [2.05, 4.69) is 9.69 Å². The summed E-state index contributed by atoms with van der Waals surface area (Å²) in [4.78, 5) is 14.2. The van der Waals surface area contributed by atoms with Gasteiger partial charge in [0.05, 0.1) is 17.9 Å². The lowest BCUT2D eigenvalue weighted by molar-refractivity contribution is -0.00568. The van der Waals surface area contributed by atoms with E-state index in [0.717, 1.165) is 35.8 Å². The maximum absolute atomic E-state index is 12.5. The second-order valence-electron chi connectivity index (χ2n) is 4.85. The number of ether oxygens (including phenoxy) is 1. The second kappa shape index (κ2) is 4.85. The smallest absolute Gasteiger partial charge is 0.260 e. The zero-order valence-corrected chi connectivity index (χ0v) is 11.3. The van der Waals surface area contributed by atoms with E-state index in [1.807, 2.05) is 6.92 Å². The molecule has 1 saturated carbocycles. The van der Waals surface area contributed by atoms with Crippen LogP contribution in [0.4, 0.5) is 5.00 Å². The van der Waals surface area contributed by atoms with E-state index in [1.54, 1.807) is 4.90 Å². The van der Waals surface area contributed by atoms with Gasteiger partial charge in [-0.15, -0.1) is 0 Å². The Hall–Kier alpha value is -1.14. The highest BCUT2D eigenvalue weighted by atomic mass is 32.1. The molecule has 1 aromatic heterocycles. The van der Waals surface area contributed by atoms with Crippen molar-refractivity contribution in [2.75, 3.05) is 25.2 Å². The predicted molar refractivity (Wildman–Crippen MR) is 70.0 cm³/mol. The molecule has 6 heteroatoms. The molecule has 2 heterocycles. The van der Waals surface area contributed by atoms with Gasteiger partial charge in [0.25, 0.3) is 5.91 Å². The first-order valence-electron chi connectivity index (χ1n) is 6.35. The van der Waals surface area contributed by atoms with Gasteiger partial charge in [-0.2, -0.15) is 4.37 Å². The Kier molecular flexibility index (Phi) is 3.22. The van der Waals surface area contributed by atoms with Crippen LogP contribution in [0.1, 0.15) is 35.3 Å². The minimum Gasteiger partial charge on any atom is -0.372 e. The lowest BCUT2D eigenvalue weighted by Crippen LogP contribution is -2.38. The van der Waals surface area contributed by atoms with Crippen molar-refractivity contribution in [2.24, 2.45) is 0 Å². The van der Waals surface area contributed by atoms with E-state index < -0.39 is 0 Å². The molecular weight excluding hydrogens is 250 g/mol. The number of anilines is 1. The van der Waals surface area contributed by atoms with Crippen molar-refractivity contribution in [3.05, 3.63) is 11.3 Å². The number of hydrogen-bond donors (Lipinski definition) is 1. The van der Waals surface area contributed by atoms with Gasteiger partial charge >= 0.3 is 0 Å². The molecule has 1 aliphatic heterocycles.